The second kappa shape index (κ2) is 6.20. The summed E-state index contributed by atoms with van der Waals surface area (Å²) in [4.78, 5) is 0. The fourth-order valence-corrected chi connectivity index (χ4v) is 1.30. The van der Waals surface area contributed by atoms with E-state index >= 15 is 0 Å². The topological polar surface area (TPSA) is 59.6 Å². The molecule has 0 aliphatic rings. The molecule has 1 aromatic carbocycles. The molecule has 0 aliphatic carbocycles. The Balaban J connectivity index is 2.73. The van der Waals surface area contributed by atoms with Gasteiger partial charge in [-0.05, 0) is 62.8 Å². The summed E-state index contributed by atoms with van der Waals surface area (Å²) < 4.78 is 5.55. The molecule has 0 saturated carbocycles. The van der Waals surface area contributed by atoms with Gasteiger partial charge in [0.1, 0.15) is 5.75 Å². The van der Waals surface area contributed by atoms with Crippen LogP contribution in [-0.2, 0) is 0 Å². The van der Waals surface area contributed by atoms with Crippen molar-refractivity contribution in [2.75, 3.05) is 0 Å². The molecule has 0 aliphatic heterocycles. The minimum atomic E-state index is 0.157. The monoisotopic (exact) mass is 251 g/mol. The molecular weight excluding hydrogens is 234 g/mol. The van der Waals surface area contributed by atoms with Crippen LogP contribution in [0.4, 0.5) is 0 Å². The molecule has 1 rings (SSSR count). The lowest BCUT2D eigenvalue weighted by Gasteiger charge is -2.10. The highest BCUT2D eigenvalue weighted by Crippen LogP contribution is 2.14. The SMILES string of the molecule is CC(=NNC(N)=S)c1ccc(OC(C)C)cc1. The van der Waals surface area contributed by atoms with Crippen LogP contribution in [-0.4, -0.2) is 16.9 Å². The number of hydrazone groups is 1. The van der Waals surface area contributed by atoms with Crippen molar-refractivity contribution < 1.29 is 4.74 Å². The Morgan fingerprint density at radius 2 is 1.94 bits per heavy atom. The van der Waals surface area contributed by atoms with Gasteiger partial charge < -0.3 is 10.5 Å². The molecule has 0 heterocycles. The van der Waals surface area contributed by atoms with Gasteiger partial charge in [0.25, 0.3) is 0 Å². The summed E-state index contributed by atoms with van der Waals surface area (Å²) in [5, 5.41) is 4.20. The van der Waals surface area contributed by atoms with Crippen LogP contribution in [0.15, 0.2) is 29.4 Å². The van der Waals surface area contributed by atoms with Crippen LogP contribution in [0.5, 0.6) is 5.75 Å². The fourth-order valence-electron chi connectivity index (χ4n) is 1.25. The van der Waals surface area contributed by atoms with Crippen molar-refractivity contribution in [3.05, 3.63) is 29.8 Å². The third-order valence-corrected chi connectivity index (χ3v) is 2.07. The van der Waals surface area contributed by atoms with Crippen molar-refractivity contribution >= 4 is 23.0 Å². The molecule has 0 saturated heterocycles. The minimum Gasteiger partial charge on any atom is -0.491 e. The van der Waals surface area contributed by atoms with Crippen molar-refractivity contribution in [2.24, 2.45) is 10.8 Å². The third kappa shape index (κ3) is 4.82. The number of hydrogen-bond acceptors (Lipinski definition) is 3. The maximum atomic E-state index is 5.55. The number of ether oxygens (including phenoxy) is 1. The quantitative estimate of drug-likeness (QED) is 0.488. The van der Waals surface area contributed by atoms with Crippen LogP contribution in [0.25, 0.3) is 0 Å². The number of hydrogen-bond donors (Lipinski definition) is 2. The third-order valence-electron chi connectivity index (χ3n) is 1.98. The Hall–Kier alpha value is -1.62. The first-order valence-electron chi connectivity index (χ1n) is 5.36. The highest BCUT2D eigenvalue weighted by atomic mass is 32.1. The van der Waals surface area contributed by atoms with Crippen LogP contribution in [0, 0.1) is 0 Å². The van der Waals surface area contributed by atoms with Gasteiger partial charge in [-0.15, -0.1) is 0 Å². The average Bonchev–Trinajstić information content (AvgIpc) is 2.26. The first-order valence-corrected chi connectivity index (χ1v) is 5.76. The lowest BCUT2D eigenvalue weighted by molar-refractivity contribution is 0.242. The Labute approximate surface area is 107 Å². The smallest absolute Gasteiger partial charge is 0.184 e. The van der Waals surface area contributed by atoms with Crippen molar-refractivity contribution in [3.63, 3.8) is 0 Å². The van der Waals surface area contributed by atoms with E-state index in [2.05, 4.69) is 22.7 Å². The van der Waals surface area contributed by atoms with Gasteiger partial charge in [-0.1, -0.05) is 0 Å². The summed E-state index contributed by atoms with van der Waals surface area (Å²) in [6.45, 7) is 5.86. The van der Waals surface area contributed by atoms with Crippen molar-refractivity contribution in [1.82, 2.24) is 5.43 Å². The molecule has 1 aromatic rings. The highest BCUT2D eigenvalue weighted by molar-refractivity contribution is 7.80. The predicted molar refractivity (Wildman–Crippen MR) is 74.3 cm³/mol. The van der Waals surface area contributed by atoms with Gasteiger partial charge in [-0.3, -0.25) is 5.43 Å². The van der Waals surface area contributed by atoms with E-state index in [0.29, 0.717) is 0 Å². The fraction of sp³-hybridized carbons (Fsp3) is 0.333. The van der Waals surface area contributed by atoms with E-state index in [4.69, 9.17) is 10.5 Å². The van der Waals surface area contributed by atoms with Gasteiger partial charge in [0.15, 0.2) is 5.11 Å². The normalized spacial score (nSPS) is 11.4. The first-order chi connectivity index (χ1) is 7.99. The summed E-state index contributed by atoms with van der Waals surface area (Å²) in [7, 11) is 0. The maximum Gasteiger partial charge on any atom is 0.184 e. The molecule has 4 nitrogen and oxygen atoms in total. The molecule has 0 bridgehead atoms. The second-order valence-electron chi connectivity index (χ2n) is 3.86. The van der Waals surface area contributed by atoms with Gasteiger partial charge in [0, 0.05) is 0 Å². The van der Waals surface area contributed by atoms with Crippen molar-refractivity contribution in [1.29, 1.82) is 0 Å². The number of nitrogens with two attached hydrogens (primary N) is 1. The van der Waals surface area contributed by atoms with E-state index < -0.39 is 0 Å². The summed E-state index contributed by atoms with van der Waals surface area (Å²) in [6.07, 6.45) is 0.173. The largest absolute Gasteiger partial charge is 0.491 e. The van der Waals surface area contributed by atoms with Gasteiger partial charge in [-0.2, -0.15) is 5.10 Å². The number of rotatable bonds is 4. The lowest BCUT2D eigenvalue weighted by atomic mass is 10.1. The van der Waals surface area contributed by atoms with Gasteiger partial charge >= 0.3 is 0 Å². The van der Waals surface area contributed by atoms with E-state index in [1.807, 2.05) is 45.0 Å². The average molecular weight is 251 g/mol. The Bertz CT molecular complexity index is 412. The van der Waals surface area contributed by atoms with Gasteiger partial charge in [0.05, 0.1) is 11.8 Å². The molecule has 17 heavy (non-hydrogen) atoms. The van der Waals surface area contributed by atoms with E-state index in [1.54, 1.807) is 0 Å². The summed E-state index contributed by atoms with van der Waals surface area (Å²) in [6, 6.07) is 7.71. The van der Waals surface area contributed by atoms with Crippen LogP contribution in [0.1, 0.15) is 26.3 Å². The summed E-state index contributed by atoms with van der Waals surface area (Å²) in [5.41, 5.74) is 9.65. The number of thiocarbonyl (C=S) groups is 1. The zero-order valence-corrected chi connectivity index (χ0v) is 11.0. The van der Waals surface area contributed by atoms with Gasteiger partial charge in [0.2, 0.25) is 0 Å². The lowest BCUT2D eigenvalue weighted by Crippen LogP contribution is -2.25. The van der Waals surface area contributed by atoms with Crippen molar-refractivity contribution in [3.8, 4) is 5.75 Å². The van der Waals surface area contributed by atoms with Crippen LogP contribution in [0.3, 0.4) is 0 Å². The highest BCUT2D eigenvalue weighted by Gasteiger charge is 2.00. The number of nitrogens with one attached hydrogen (secondary N) is 1. The van der Waals surface area contributed by atoms with Crippen LogP contribution < -0.4 is 15.9 Å². The zero-order valence-electron chi connectivity index (χ0n) is 10.2. The Kier molecular flexibility index (Phi) is 4.90. The van der Waals surface area contributed by atoms with E-state index in [0.717, 1.165) is 17.0 Å². The second-order valence-corrected chi connectivity index (χ2v) is 4.30. The maximum absolute atomic E-state index is 5.55. The molecule has 3 N–H and O–H groups in total. The Morgan fingerprint density at radius 1 is 1.35 bits per heavy atom. The molecule has 0 radical (unpaired) electrons. The molecule has 0 atom stereocenters. The minimum absolute atomic E-state index is 0.157. The summed E-state index contributed by atoms with van der Waals surface area (Å²) in [5.74, 6) is 0.846. The van der Waals surface area contributed by atoms with E-state index in [1.165, 1.54) is 0 Å². The molecule has 5 heteroatoms. The molecule has 0 aromatic heterocycles. The van der Waals surface area contributed by atoms with E-state index in [9.17, 15) is 0 Å². The number of nitrogens with zero attached hydrogens (tertiary/aromatic N) is 1. The van der Waals surface area contributed by atoms with Crippen LogP contribution >= 0.6 is 12.2 Å². The van der Waals surface area contributed by atoms with Gasteiger partial charge in [-0.25, -0.2) is 0 Å². The van der Waals surface area contributed by atoms with Crippen molar-refractivity contribution in [2.45, 2.75) is 26.9 Å². The van der Waals surface area contributed by atoms with E-state index in [-0.39, 0.29) is 11.2 Å². The standard InChI is InChI=1S/C12H17N3OS/c1-8(2)16-11-6-4-10(5-7-11)9(3)14-15-12(13)17/h4-8H,1-3H3,(H3,13,15,17). The first kappa shape index (κ1) is 13.4. The zero-order chi connectivity index (χ0) is 12.8. The Morgan fingerprint density at radius 3 is 2.41 bits per heavy atom. The predicted octanol–water partition coefficient (Wildman–Crippen LogP) is 2.03. The molecule has 92 valence electrons. The summed E-state index contributed by atoms with van der Waals surface area (Å²) >= 11 is 4.67. The van der Waals surface area contributed by atoms with Crippen LogP contribution in [0.2, 0.25) is 0 Å². The number of benzene rings is 1. The molecule has 0 amide bonds. The molecule has 0 spiro atoms. The molecule has 0 unspecified atom stereocenters. The molecule has 0 fully saturated rings. The molecular formula is C12H17N3OS.